The number of primary amides is 1. The minimum atomic E-state index is -0.409. The minimum Gasteiger partial charge on any atom is -0.366 e. The number of halogens is 2. The lowest BCUT2D eigenvalue weighted by Gasteiger charge is -2.02. The van der Waals surface area contributed by atoms with Gasteiger partial charge in [0.2, 0.25) is 0 Å². The van der Waals surface area contributed by atoms with Gasteiger partial charge in [0.05, 0.1) is 11.3 Å². The number of nitrogens with two attached hydrogens (primary N) is 1. The Morgan fingerprint density at radius 1 is 1.38 bits per heavy atom. The summed E-state index contributed by atoms with van der Waals surface area (Å²) in [4.78, 5) is 14.8. The highest BCUT2D eigenvalue weighted by molar-refractivity contribution is 5.95. The van der Waals surface area contributed by atoms with Crippen molar-refractivity contribution in [1.29, 1.82) is 0 Å². The molecule has 3 nitrogen and oxygen atoms in total. The normalized spacial score (nSPS) is 8.15. The first-order chi connectivity index (χ1) is 5.13. The van der Waals surface area contributed by atoms with E-state index in [-0.39, 0.29) is 24.8 Å². The summed E-state index contributed by atoms with van der Waals surface area (Å²) in [6.07, 6.45) is 1.66. The van der Waals surface area contributed by atoms with Crippen molar-refractivity contribution in [3.8, 4) is 0 Å². The number of nitrogens with zero attached hydrogens (tertiary/aromatic N) is 1. The van der Waals surface area contributed by atoms with Crippen molar-refractivity contribution in [3.05, 3.63) is 29.1 Å². The molecule has 5 heteroatoms. The van der Waals surface area contributed by atoms with Gasteiger partial charge < -0.3 is 5.73 Å². The third-order valence-corrected chi connectivity index (χ3v) is 1.60. The molecule has 13 heavy (non-hydrogen) atoms. The number of carbonyl (C=O) groups is 1. The Bertz CT molecular complexity index is 282. The van der Waals surface area contributed by atoms with E-state index in [9.17, 15) is 4.79 Å². The highest BCUT2D eigenvalue weighted by atomic mass is 35.5. The van der Waals surface area contributed by atoms with E-state index >= 15 is 0 Å². The second-order valence-corrected chi connectivity index (χ2v) is 2.45. The summed E-state index contributed by atoms with van der Waals surface area (Å²) < 4.78 is 0. The first-order valence-corrected chi connectivity index (χ1v) is 3.35. The summed E-state index contributed by atoms with van der Waals surface area (Å²) in [7, 11) is 0. The molecule has 0 unspecified atom stereocenters. The molecule has 1 aromatic rings. The quantitative estimate of drug-likeness (QED) is 0.786. The Kier molecular flexibility index (Phi) is 6.54. The smallest absolute Gasteiger partial charge is 0.250 e. The van der Waals surface area contributed by atoms with E-state index in [4.69, 9.17) is 5.73 Å². The molecule has 1 heterocycles. The minimum absolute atomic E-state index is 0. The van der Waals surface area contributed by atoms with Gasteiger partial charge in [-0.05, 0) is 25.5 Å². The van der Waals surface area contributed by atoms with E-state index in [2.05, 4.69) is 4.98 Å². The maximum atomic E-state index is 10.8. The van der Waals surface area contributed by atoms with Gasteiger partial charge in [-0.25, -0.2) is 0 Å². The highest BCUT2D eigenvalue weighted by Gasteiger charge is 2.07. The van der Waals surface area contributed by atoms with Crippen molar-refractivity contribution in [2.24, 2.45) is 5.73 Å². The van der Waals surface area contributed by atoms with Crippen LogP contribution in [-0.4, -0.2) is 10.9 Å². The van der Waals surface area contributed by atoms with Crippen molar-refractivity contribution in [3.63, 3.8) is 0 Å². The molecule has 2 N–H and O–H groups in total. The summed E-state index contributed by atoms with van der Waals surface area (Å²) in [6.45, 7) is 3.61. The van der Waals surface area contributed by atoms with Gasteiger partial charge in [-0.3, -0.25) is 9.78 Å². The number of aryl methyl sites for hydroxylation is 2. The first-order valence-electron chi connectivity index (χ1n) is 3.35. The lowest BCUT2D eigenvalue weighted by molar-refractivity contribution is 0.0998. The van der Waals surface area contributed by atoms with Crippen LogP contribution in [0.25, 0.3) is 0 Å². The molecule has 0 saturated heterocycles. The molecule has 0 aliphatic rings. The summed E-state index contributed by atoms with van der Waals surface area (Å²) >= 11 is 0. The summed E-state index contributed by atoms with van der Waals surface area (Å²) in [5, 5.41) is 0. The molecular formula is C8H12Cl2N2O. The molecule has 0 saturated carbocycles. The monoisotopic (exact) mass is 222 g/mol. The fourth-order valence-electron chi connectivity index (χ4n) is 1.07. The summed E-state index contributed by atoms with van der Waals surface area (Å²) in [6, 6.07) is 1.77. The van der Waals surface area contributed by atoms with Crippen LogP contribution in [0, 0.1) is 13.8 Å². The number of amides is 1. The second kappa shape index (κ2) is 5.78. The van der Waals surface area contributed by atoms with Gasteiger partial charge in [-0.2, -0.15) is 0 Å². The topological polar surface area (TPSA) is 56.0 Å². The SMILES string of the molecule is Cc1ccnc(C)c1C(N)=O.Cl.Cl. The molecule has 1 rings (SSSR count). The average molecular weight is 223 g/mol. The van der Waals surface area contributed by atoms with Gasteiger partial charge in [0, 0.05) is 6.20 Å². The third-order valence-electron chi connectivity index (χ3n) is 1.60. The van der Waals surface area contributed by atoms with Crippen molar-refractivity contribution < 1.29 is 4.79 Å². The first kappa shape index (κ1) is 14.7. The molecule has 1 amide bonds. The molecule has 0 bridgehead atoms. The average Bonchev–Trinajstić information content (AvgIpc) is 1.85. The van der Waals surface area contributed by atoms with Crippen LogP contribution < -0.4 is 5.73 Å². The van der Waals surface area contributed by atoms with E-state index in [0.29, 0.717) is 11.3 Å². The van der Waals surface area contributed by atoms with Gasteiger partial charge in [-0.15, -0.1) is 24.8 Å². The molecule has 0 fully saturated rings. The van der Waals surface area contributed by atoms with Crippen molar-refractivity contribution >= 4 is 30.7 Å². The van der Waals surface area contributed by atoms with E-state index in [1.165, 1.54) is 0 Å². The Hall–Kier alpha value is -0.800. The molecule has 0 atom stereocenters. The lowest BCUT2D eigenvalue weighted by atomic mass is 10.1. The molecule has 0 aromatic carbocycles. The Morgan fingerprint density at radius 2 is 1.92 bits per heavy atom. The van der Waals surface area contributed by atoms with E-state index < -0.39 is 5.91 Å². The van der Waals surface area contributed by atoms with Crippen molar-refractivity contribution in [2.45, 2.75) is 13.8 Å². The van der Waals surface area contributed by atoms with Crippen LogP contribution in [-0.2, 0) is 0 Å². The third kappa shape index (κ3) is 3.20. The number of rotatable bonds is 1. The maximum Gasteiger partial charge on any atom is 0.250 e. The van der Waals surface area contributed by atoms with E-state index in [0.717, 1.165) is 5.56 Å². The molecule has 0 spiro atoms. The van der Waals surface area contributed by atoms with Crippen LogP contribution in [0.15, 0.2) is 12.3 Å². The van der Waals surface area contributed by atoms with Gasteiger partial charge >= 0.3 is 0 Å². The van der Waals surface area contributed by atoms with Crippen LogP contribution in [0.2, 0.25) is 0 Å². The van der Waals surface area contributed by atoms with Crippen LogP contribution in [0.5, 0.6) is 0 Å². The number of hydrogen-bond donors (Lipinski definition) is 1. The van der Waals surface area contributed by atoms with Crippen molar-refractivity contribution in [2.75, 3.05) is 0 Å². The van der Waals surface area contributed by atoms with Crippen LogP contribution >= 0.6 is 24.8 Å². The molecule has 0 radical (unpaired) electrons. The fourth-order valence-corrected chi connectivity index (χ4v) is 1.07. The largest absolute Gasteiger partial charge is 0.366 e. The zero-order chi connectivity index (χ0) is 8.43. The van der Waals surface area contributed by atoms with Crippen LogP contribution in [0.3, 0.4) is 0 Å². The molecular weight excluding hydrogens is 211 g/mol. The second-order valence-electron chi connectivity index (χ2n) is 2.45. The predicted molar refractivity (Wildman–Crippen MR) is 56.7 cm³/mol. The number of pyridine rings is 1. The Morgan fingerprint density at radius 3 is 2.23 bits per heavy atom. The van der Waals surface area contributed by atoms with Gasteiger partial charge in [-0.1, -0.05) is 0 Å². The lowest BCUT2D eigenvalue weighted by Crippen LogP contribution is -2.15. The fraction of sp³-hybridized carbons (Fsp3) is 0.250. The zero-order valence-electron chi connectivity index (χ0n) is 7.40. The van der Waals surface area contributed by atoms with Gasteiger partial charge in [0.15, 0.2) is 0 Å². The molecule has 1 aromatic heterocycles. The molecule has 0 aliphatic carbocycles. The maximum absolute atomic E-state index is 10.8. The Labute approximate surface area is 89.6 Å². The van der Waals surface area contributed by atoms with E-state index in [1.54, 1.807) is 19.2 Å². The predicted octanol–water partition coefficient (Wildman–Crippen LogP) is 1.64. The van der Waals surface area contributed by atoms with Gasteiger partial charge in [0.25, 0.3) is 5.91 Å². The van der Waals surface area contributed by atoms with E-state index in [1.807, 2.05) is 6.92 Å². The van der Waals surface area contributed by atoms with Crippen molar-refractivity contribution in [1.82, 2.24) is 4.98 Å². The zero-order valence-corrected chi connectivity index (χ0v) is 9.04. The standard InChI is InChI=1S/C8H10N2O.2ClH/c1-5-3-4-10-6(2)7(5)8(9)11;;/h3-4H,1-2H3,(H2,9,11);2*1H. The highest BCUT2D eigenvalue weighted by Crippen LogP contribution is 2.08. The van der Waals surface area contributed by atoms with Crippen LogP contribution in [0.1, 0.15) is 21.6 Å². The molecule has 74 valence electrons. The molecule has 0 aliphatic heterocycles. The summed E-state index contributed by atoms with van der Waals surface area (Å²) in [5.74, 6) is -0.409. The van der Waals surface area contributed by atoms with Crippen LogP contribution in [0.4, 0.5) is 0 Å². The number of hydrogen-bond acceptors (Lipinski definition) is 2. The number of carbonyl (C=O) groups excluding carboxylic acids is 1. The Balaban J connectivity index is 0. The van der Waals surface area contributed by atoms with Gasteiger partial charge in [0.1, 0.15) is 0 Å². The summed E-state index contributed by atoms with van der Waals surface area (Å²) in [5.41, 5.74) is 7.24. The number of aromatic nitrogens is 1.